The predicted octanol–water partition coefficient (Wildman–Crippen LogP) is 3.01. The largest absolute Gasteiger partial charge is 0.316 e. The normalized spacial score (nSPS) is 23.2. The Labute approximate surface area is 132 Å². The average molecular weight is 319 g/mol. The van der Waals surface area contributed by atoms with E-state index < -0.39 is 5.82 Å². The van der Waals surface area contributed by atoms with Gasteiger partial charge >= 0.3 is 0 Å². The molecule has 1 saturated heterocycles. The number of halogens is 2. The maximum Gasteiger partial charge on any atom is 0.251 e. The summed E-state index contributed by atoms with van der Waals surface area (Å²) < 4.78 is 16.0. The molecule has 2 aliphatic rings. The number of aromatic nitrogens is 1. The van der Waals surface area contributed by atoms with E-state index in [0.717, 1.165) is 31.7 Å². The number of nitrogens with one attached hydrogen (secondary N) is 1. The summed E-state index contributed by atoms with van der Waals surface area (Å²) >= 11 is 5.81. The van der Waals surface area contributed by atoms with E-state index in [2.05, 4.69) is 5.32 Å². The van der Waals surface area contributed by atoms with E-state index in [1.807, 2.05) is 10.6 Å². The Morgan fingerprint density at radius 2 is 2.09 bits per heavy atom. The summed E-state index contributed by atoms with van der Waals surface area (Å²) in [6.07, 6.45) is 1.10. The molecule has 1 aromatic carbocycles. The maximum atomic E-state index is 14.1. The van der Waals surface area contributed by atoms with E-state index in [-0.39, 0.29) is 5.56 Å². The van der Waals surface area contributed by atoms with Crippen LogP contribution in [0.1, 0.15) is 18.0 Å². The van der Waals surface area contributed by atoms with E-state index in [0.29, 0.717) is 28.0 Å². The van der Waals surface area contributed by atoms with Gasteiger partial charge in [0, 0.05) is 41.4 Å². The summed E-state index contributed by atoms with van der Waals surface area (Å²) in [5.74, 6) is 0.449. The van der Waals surface area contributed by atoms with Crippen LogP contribution in [0.2, 0.25) is 5.02 Å². The Kier molecular flexibility index (Phi) is 3.31. The van der Waals surface area contributed by atoms with E-state index >= 15 is 0 Å². The van der Waals surface area contributed by atoms with Gasteiger partial charge in [-0.1, -0.05) is 11.6 Å². The van der Waals surface area contributed by atoms with Crippen molar-refractivity contribution < 1.29 is 4.39 Å². The molecule has 1 N–H and O–H groups in total. The zero-order valence-corrected chi connectivity index (χ0v) is 12.7. The molecule has 1 aromatic heterocycles. The van der Waals surface area contributed by atoms with Crippen molar-refractivity contribution in [1.82, 2.24) is 9.88 Å². The highest BCUT2D eigenvalue weighted by Gasteiger charge is 2.31. The summed E-state index contributed by atoms with van der Waals surface area (Å²) in [5, 5.41) is 3.78. The second kappa shape index (κ2) is 5.21. The van der Waals surface area contributed by atoms with E-state index in [1.54, 1.807) is 12.1 Å². The van der Waals surface area contributed by atoms with Crippen molar-refractivity contribution in [1.29, 1.82) is 0 Å². The van der Waals surface area contributed by atoms with Gasteiger partial charge in [-0.2, -0.15) is 0 Å². The molecule has 0 radical (unpaired) electrons. The molecule has 114 valence electrons. The molecular weight excluding hydrogens is 303 g/mol. The standard InChI is InChI=1S/C17H16ClFN2O/c18-13-1-2-14(15(19)6-13)11-4-16-12-3-10(7-20-8-12)9-21(16)17(22)5-11/h1-2,4-6,10,12,20H,3,7-9H2/t10-,12+/m0/s1. The highest BCUT2D eigenvalue weighted by atomic mass is 35.5. The second-order valence-electron chi connectivity index (χ2n) is 6.20. The zero-order chi connectivity index (χ0) is 15.3. The molecule has 2 aliphatic heterocycles. The minimum atomic E-state index is -0.396. The van der Waals surface area contributed by atoms with Crippen molar-refractivity contribution in [2.24, 2.45) is 5.92 Å². The first-order chi connectivity index (χ1) is 10.6. The van der Waals surface area contributed by atoms with Gasteiger partial charge in [-0.25, -0.2) is 4.39 Å². The minimum absolute atomic E-state index is 0.0431. The number of benzene rings is 1. The predicted molar refractivity (Wildman–Crippen MR) is 84.8 cm³/mol. The number of piperidine rings is 1. The monoisotopic (exact) mass is 318 g/mol. The Bertz CT molecular complexity index is 802. The Hall–Kier alpha value is -1.65. The molecule has 4 rings (SSSR count). The van der Waals surface area contributed by atoms with Gasteiger partial charge in [0.2, 0.25) is 0 Å². The van der Waals surface area contributed by atoms with Crippen LogP contribution < -0.4 is 10.9 Å². The first kappa shape index (κ1) is 14.0. The average Bonchev–Trinajstić information content (AvgIpc) is 2.49. The molecule has 3 heterocycles. The molecule has 0 unspecified atom stereocenters. The van der Waals surface area contributed by atoms with Crippen LogP contribution in [0.4, 0.5) is 4.39 Å². The number of hydrogen-bond acceptors (Lipinski definition) is 2. The lowest BCUT2D eigenvalue weighted by atomic mass is 9.83. The van der Waals surface area contributed by atoms with Crippen LogP contribution in [0, 0.1) is 11.7 Å². The lowest BCUT2D eigenvalue weighted by Crippen LogP contribution is -2.44. The highest BCUT2D eigenvalue weighted by molar-refractivity contribution is 6.30. The van der Waals surface area contributed by atoms with E-state index in [1.165, 1.54) is 12.1 Å². The lowest BCUT2D eigenvalue weighted by Gasteiger charge is -2.37. The zero-order valence-electron chi connectivity index (χ0n) is 12.0. The summed E-state index contributed by atoms with van der Waals surface area (Å²) in [4.78, 5) is 12.5. The fraction of sp³-hybridized carbons (Fsp3) is 0.353. The van der Waals surface area contributed by atoms with Crippen molar-refractivity contribution in [2.75, 3.05) is 13.1 Å². The van der Waals surface area contributed by atoms with Crippen LogP contribution >= 0.6 is 11.6 Å². The molecule has 1 fully saturated rings. The van der Waals surface area contributed by atoms with Gasteiger partial charge in [-0.15, -0.1) is 0 Å². The lowest BCUT2D eigenvalue weighted by molar-refractivity contribution is 0.257. The highest BCUT2D eigenvalue weighted by Crippen LogP contribution is 2.34. The number of pyridine rings is 1. The van der Waals surface area contributed by atoms with Crippen molar-refractivity contribution in [3.63, 3.8) is 0 Å². The Morgan fingerprint density at radius 1 is 1.23 bits per heavy atom. The van der Waals surface area contributed by atoms with Crippen LogP contribution in [-0.4, -0.2) is 17.7 Å². The van der Waals surface area contributed by atoms with Crippen molar-refractivity contribution in [3.05, 3.63) is 57.2 Å². The van der Waals surface area contributed by atoms with Crippen molar-refractivity contribution in [3.8, 4) is 11.1 Å². The molecule has 0 amide bonds. The van der Waals surface area contributed by atoms with Gasteiger partial charge in [0.1, 0.15) is 5.82 Å². The SMILES string of the molecule is O=c1cc(-c2ccc(Cl)cc2F)cc2n1C[C@@H]1CNC[C@H]2C1. The topological polar surface area (TPSA) is 34.0 Å². The number of hydrogen-bond donors (Lipinski definition) is 1. The quantitative estimate of drug-likeness (QED) is 0.877. The van der Waals surface area contributed by atoms with Gasteiger partial charge in [0.25, 0.3) is 5.56 Å². The van der Waals surface area contributed by atoms with Crippen LogP contribution in [-0.2, 0) is 6.54 Å². The molecule has 3 nitrogen and oxygen atoms in total. The molecule has 0 spiro atoms. The molecule has 2 bridgehead atoms. The maximum absolute atomic E-state index is 14.1. The first-order valence-corrected chi connectivity index (χ1v) is 7.90. The Morgan fingerprint density at radius 3 is 2.91 bits per heavy atom. The first-order valence-electron chi connectivity index (χ1n) is 7.53. The van der Waals surface area contributed by atoms with Crippen molar-refractivity contribution in [2.45, 2.75) is 18.9 Å². The van der Waals surface area contributed by atoms with Gasteiger partial charge in [0.15, 0.2) is 0 Å². The summed E-state index contributed by atoms with van der Waals surface area (Å²) in [6.45, 7) is 2.60. The second-order valence-corrected chi connectivity index (χ2v) is 6.64. The number of rotatable bonds is 1. The van der Waals surface area contributed by atoms with Gasteiger partial charge < -0.3 is 9.88 Å². The van der Waals surface area contributed by atoms with E-state index in [4.69, 9.17) is 11.6 Å². The van der Waals surface area contributed by atoms with Crippen molar-refractivity contribution >= 4 is 11.6 Å². The molecule has 22 heavy (non-hydrogen) atoms. The third-order valence-electron chi connectivity index (χ3n) is 4.70. The van der Waals surface area contributed by atoms with Crippen LogP contribution in [0.15, 0.2) is 35.1 Å². The fourth-order valence-corrected chi connectivity index (χ4v) is 3.84. The van der Waals surface area contributed by atoms with Crippen LogP contribution in [0.3, 0.4) is 0 Å². The summed E-state index contributed by atoms with van der Waals surface area (Å²) in [7, 11) is 0. The number of nitrogens with zero attached hydrogens (tertiary/aromatic N) is 1. The molecule has 2 atom stereocenters. The third-order valence-corrected chi connectivity index (χ3v) is 4.94. The van der Waals surface area contributed by atoms with Crippen LogP contribution in [0.5, 0.6) is 0 Å². The molecule has 5 heteroatoms. The molecule has 0 saturated carbocycles. The van der Waals surface area contributed by atoms with Gasteiger partial charge in [-0.3, -0.25) is 4.79 Å². The number of fused-ring (bicyclic) bond motifs is 4. The molecule has 2 aromatic rings. The third kappa shape index (κ3) is 2.27. The van der Waals surface area contributed by atoms with Gasteiger partial charge in [-0.05, 0) is 48.7 Å². The fourth-order valence-electron chi connectivity index (χ4n) is 3.68. The van der Waals surface area contributed by atoms with Crippen LogP contribution in [0.25, 0.3) is 11.1 Å². The minimum Gasteiger partial charge on any atom is -0.316 e. The summed E-state index contributed by atoms with van der Waals surface area (Å²) in [5.41, 5.74) is 2.03. The Balaban J connectivity index is 1.86. The van der Waals surface area contributed by atoms with E-state index in [9.17, 15) is 9.18 Å². The molecule has 0 aliphatic carbocycles. The molecular formula is C17H16ClFN2O. The van der Waals surface area contributed by atoms with Gasteiger partial charge in [0.05, 0.1) is 0 Å². The smallest absolute Gasteiger partial charge is 0.251 e. The summed E-state index contributed by atoms with van der Waals surface area (Å²) in [6, 6.07) is 8.06.